The molecule has 1 aliphatic heterocycles. The minimum absolute atomic E-state index is 0.106. The smallest absolute Gasteiger partial charge is 0.493 e. The summed E-state index contributed by atoms with van der Waals surface area (Å²) in [7, 11) is 0. The molecule has 0 radical (unpaired) electrons. The fourth-order valence-electron chi connectivity index (χ4n) is 2.86. The average Bonchev–Trinajstić information content (AvgIpc) is 2.67. The molecule has 3 rings (SSSR count). The highest BCUT2D eigenvalue weighted by Gasteiger charge is 2.36. The summed E-state index contributed by atoms with van der Waals surface area (Å²) in [5.74, 6) is -1.99. The first-order valence-electron chi connectivity index (χ1n) is 8.56. The highest BCUT2D eigenvalue weighted by molar-refractivity contribution is 6.39. The molecule has 3 N–H and O–H groups in total. The van der Waals surface area contributed by atoms with Crippen molar-refractivity contribution in [3.05, 3.63) is 54.1 Å². The normalized spacial score (nSPS) is 18.2. The van der Waals surface area contributed by atoms with Gasteiger partial charge < -0.3 is 25.2 Å². The summed E-state index contributed by atoms with van der Waals surface area (Å²) in [6, 6.07) is 11.2. The van der Waals surface area contributed by atoms with Gasteiger partial charge in [0, 0.05) is 17.7 Å². The van der Waals surface area contributed by atoms with Crippen LogP contribution in [0.5, 0.6) is 11.5 Å². The van der Waals surface area contributed by atoms with Crippen molar-refractivity contribution < 1.29 is 37.3 Å². The quantitative estimate of drug-likeness (QED) is 0.673. The number of rotatable bonds is 4. The second-order valence-electron chi connectivity index (χ2n) is 6.34. The molecule has 1 unspecified atom stereocenters. The Kier molecular flexibility index (Phi) is 5.64. The van der Waals surface area contributed by atoms with E-state index in [4.69, 9.17) is 4.74 Å². The van der Waals surface area contributed by atoms with Crippen LogP contribution in [0.2, 0.25) is 0 Å². The summed E-state index contributed by atoms with van der Waals surface area (Å²) in [5.41, 5.74) is -0.775. The van der Waals surface area contributed by atoms with Crippen LogP contribution in [0.3, 0.4) is 0 Å². The van der Waals surface area contributed by atoms with Gasteiger partial charge in [0.05, 0.1) is 13.2 Å². The van der Waals surface area contributed by atoms with Crippen LogP contribution in [0.25, 0.3) is 0 Å². The number of alkyl halides is 3. The number of amides is 2. The van der Waals surface area contributed by atoms with E-state index in [-0.39, 0.29) is 25.3 Å². The zero-order chi connectivity index (χ0) is 21.1. The molecule has 2 aromatic carbocycles. The number of anilines is 1. The SMILES string of the molecule is O=C(NCC1(O)CCOc2ccccc21)C(=O)Nc1ccc(OC(F)(F)F)cc1. The van der Waals surface area contributed by atoms with Gasteiger partial charge in [-0.1, -0.05) is 18.2 Å². The minimum Gasteiger partial charge on any atom is -0.493 e. The van der Waals surface area contributed by atoms with Crippen molar-refractivity contribution in [3.8, 4) is 11.5 Å². The van der Waals surface area contributed by atoms with Gasteiger partial charge >= 0.3 is 18.2 Å². The van der Waals surface area contributed by atoms with Crippen LogP contribution < -0.4 is 20.1 Å². The van der Waals surface area contributed by atoms with E-state index in [1.165, 1.54) is 0 Å². The summed E-state index contributed by atoms with van der Waals surface area (Å²) >= 11 is 0. The van der Waals surface area contributed by atoms with Crippen molar-refractivity contribution in [3.63, 3.8) is 0 Å². The number of hydrogen-bond acceptors (Lipinski definition) is 5. The Hall–Kier alpha value is -3.27. The molecule has 1 atom stereocenters. The van der Waals surface area contributed by atoms with E-state index >= 15 is 0 Å². The first kappa shape index (κ1) is 20.5. The van der Waals surface area contributed by atoms with Crippen molar-refractivity contribution >= 4 is 17.5 Å². The molecule has 0 aromatic heterocycles. The number of benzene rings is 2. The lowest BCUT2D eigenvalue weighted by molar-refractivity contribution is -0.274. The molecule has 1 aliphatic rings. The van der Waals surface area contributed by atoms with Gasteiger partial charge in [-0.3, -0.25) is 9.59 Å². The monoisotopic (exact) mass is 410 g/mol. The summed E-state index contributed by atoms with van der Waals surface area (Å²) in [6.07, 6.45) is -4.60. The van der Waals surface area contributed by atoms with Gasteiger partial charge in [0.15, 0.2) is 0 Å². The number of carbonyl (C=O) groups excluding carboxylic acids is 2. The molecule has 154 valence electrons. The molecule has 29 heavy (non-hydrogen) atoms. The highest BCUT2D eigenvalue weighted by atomic mass is 19.4. The second kappa shape index (κ2) is 8.00. The van der Waals surface area contributed by atoms with Crippen LogP contribution >= 0.6 is 0 Å². The molecule has 7 nitrogen and oxygen atoms in total. The Morgan fingerprint density at radius 2 is 1.79 bits per heavy atom. The minimum atomic E-state index is -4.83. The van der Waals surface area contributed by atoms with E-state index in [0.717, 1.165) is 24.3 Å². The lowest BCUT2D eigenvalue weighted by Gasteiger charge is -2.34. The van der Waals surface area contributed by atoms with Crippen LogP contribution in [0.4, 0.5) is 18.9 Å². The molecule has 0 aliphatic carbocycles. The van der Waals surface area contributed by atoms with Crippen LogP contribution in [-0.4, -0.2) is 36.4 Å². The zero-order valence-electron chi connectivity index (χ0n) is 15.0. The number of halogens is 3. The summed E-state index contributed by atoms with van der Waals surface area (Å²) in [4.78, 5) is 24.1. The van der Waals surface area contributed by atoms with Crippen LogP contribution in [-0.2, 0) is 15.2 Å². The highest BCUT2D eigenvalue weighted by Crippen LogP contribution is 2.36. The molecule has 0 bridgehead atoms. The molecule has 2 aromatic rings. The second-order valence-corrected chi connectivity index (χ2v) is 6.34. The van der Waals surface area contributed by atoms with Crippen molar-refractivity contribution in [1.82, 2.24) is 5.32 Å². The largest absolute Gasteiger partial charge is 0.573 e. The number of nitrogens with one attached hydrogen (secondary N) is 2. The lowest BCUT2D eigenvalue weighted by atomic mass is 9.88. The van der Waals surface area contributed by atoms with Gasteiger partial charge in [-0.15, -0.1) is 13.2 Å². The zero-order valence-corrected chi connectivity index (χ0v) is 15.0. The van der Waals surface area contributed by atoms with Crippen LogP contribution in [0.15, 0.2) is 48.5 Å². The number of hydrogen-bond donors (Lipinski definition) is 3. The molecule has 0 saturated heterocycles. The number of aliphatic hydroxyl groups is 1. The fraction of sp³-hybridized carbons (Fsp3) is 0.263. The molecule has 0 saturated carbocycles. The maximum absolute atomic E-state index is 12.1. The van der Waals surface area contributed by atoms with Crippen molar-refractivity contribution in [2.75, 3.05) is 18.5 Å². The van der Waals surface area contributed by atoms with E-state index in [1.54, 1.807) is 24.3 Å². The van der Waals surface area contributed by atoms with Gasteiger partial charge in [-0.25, -0.2) is 0 Å². The van der Waals surface area contributed by atoms with Gasteiger partial charge in [0.25, 0.3) is 0 Å². The summed E-state index contributed by atoms with van der Waals surface area (Å²) in [5, 5.41) is 15.5. The van der Waals surface area contributed by atoms with E-state index in [0.29, 0.717) is 11.3 Å². The summed E-state index contributed by atoms with van der Waals surface area (Å²) in [6.45, 7) is 0.0416. The van der Waals surface area contributed by atoms with Gasteiger partial charge in [0.1, 0.15) is 17.1 Å². The Morgan fingerprint density at radius 3 is 2.48 bits per heavy atom. The van der Waals surface area contributed by atoms with Gasteiger partial charge in [0.2, 0.25) is 0 Å². The van der Waals surface area contributed by atoms with Gasteiger partial charge in [-0.2, -0.15) is 0 Å². The van der Waals surface area contributed by atoms with Crippen molar-refractivity contribution in [2.45, 2.75) is 18.4 Å². The molecule has 2 amide bonds. The Bertz CT molecular complexity index is 901. The fourth-order valence-corrected chi connectivity index (χ4v) is 2.86. The predicted molar refractivity (Wildman–Crippen MR) is 95.2 cm³/mol. The van der Waals surface area contributed by atoms with E-state index in [2.05, 4.69) is 15.4 Å². The van der Waals surface area contributed by atoms with E-state index in [1.807, 2.05) is 0 Å². The van der Waals surface area contributed by atoms with Crippen molar-refractivity contribution in [2.24, 2.45) is 0 Å². The number of para-hydroxylation sites is 1. The molecular weight excluding hydrogens is 393 g/mol. The topological polar surface area (TPSA) is 96.9 Å². The van der Waals surface area contributed by atoms with Crippen LogP contribution in [0.1, 0.15) is 12.0 Å². The molecule has 0 fully saturated rings. The Labute approximate surface area is 163 Å². The standard InChI is InChI=1S/C19H17F3N2O5/c20-19(21,22)29-13-7-5-12(6-8-13)24-17(26)16(25)23-11-18(27)9-10-28-15-4-2-1-3-14(15)18/h1-8,27H,9-11H2,(H,23,25)(H,24,26). The predicted octanol–water partition coefficient (Wildman–Crippen LogP) is 2.31. The third kappa shape index (κ3) is 5.17. The number of carbonyl (C=O) groups is 2. The molecule has 10 heteroatoms. The van der Waals surface area contributed by atoms with E-state index < -0.39 is 29.5 Å². The van der Waals surface area contributed by atoms with Crippen LogP contribution in [0, 0.1) is 0 Å². The van der Waals surface area contributed by atoms with Crippen molar-refractivity contribution in [1.29, 1.82) is 0 Å². The number of fused-ring (bicyclic) bond motifs is 1. The number of ether oxygens (including phenoxy) is 2. The first-order chi connectivity index (χ1) is 13.7. The third-order valence-electron chi connectivity index (χ3n) is 4.26. The third-order valence-corrected chi connectivity index (χ3v) is 4.26. The molecular formula is C19H17F3N2O5. The Morgan fingerprint density at radius 1 is 1.10 bits per heavy atom. The van der Waals surface area contributed by atoms with Gasteiger partial charge in [-0.05, 0) is 30.3 Å². The molecule has 1 heterocycles. The first-order valence-corrected chi connectivity index (χ1v) is 8.56. The maximum Gasteiger partial charge on any atom is 0.573 e. The Balaban J connectivity index is 1.57. The lowest BCUT2D eigenvalue weighted by Crippen LogP contribution is -2.46. The maximum atomic E-state index is 12.1. The average molecular weight is 410 g/mol. The van der Waals surface area contributed by atoms with E-state index in [9.17, 15) is 27.9 Å². The summed E-state index contributed by atoms with van der Waals surface area (Å²) < 4.78 is 45.6. The molecule has 0 spiro atoms.